The van der Waals surface area contributed by atoms with Crippen molar-refractivity contribution >= 4 is 39.9 Å². The van der Waals surface area contributed by atoms with Crippen LogP contribution in [0.5, 0.6) is 0 Å². The van der Waals surface area contributed by atoms with E-state index in [0.29, 0.717) is 11.0 Å². The zero-order valence-electron chi connectivity index (χ0n) is 13.2. The Labute approximate surface area is 150 Å². The average molecular weight is 373 g/mol. The van der Waals surface area contributed by atoms with Crippen LogP contribution in [0.15, 0.2) is 18.2 Å². The summed E-state index contributed by atoms with van der Waals surface area (Å²) in [6.45, 7) is -0.502. The van der Waals surface area contributed by atoms with Crippen molar-refractivity contribution in [2.75, 3.05) is 11.9 Å². The van der Waals surface area contributed by atoms with Crippen molar-refractivity contribution < 1.29 is 19.3 Å². The third-order valence-corrected chi connectivity index (χ3v) is 5.08. The van der Waals surface area contributed by atoms with Gasteiger partial charge >= 0.3 is 0 Å². The smallest absolute Gasteiger partial charge is 0.270 e. The fourth-order valence-electron chi connectivity index (χ4n) is 2.62. The van der Waals surface area contributed by atoms with Crippen molar-refractivity contribution in [3.63, 3.8) is 0 Å². The molecule has 1 saturated carbocycles. The molecule has 4 rings (SSSR count). The van der Waals surface area contributed by atoms with Gasteiger partial charge in [-0.05, 0) is 18.9 Å². The van der Waals surface area contributed by atoms with Gasteiger partial charge in [-0.1, -0.05) is 11.3 Å². The van der Waals surface area contributed by atoms with Crippen LogP contribution in [-0.2, 0) is 4.79 Å². The Hall–Kier alpha value is -3.21. The standard InChI is InChI=1S/C15H11N5O5S/c21-11(16-15-18-17-12(26-15)7-1-2-7)6-19-13(22)9-4-3-8(20(24)25)5-10(9)14(19)23/h3-5,7H,1-2,6H2,(H,16,18,21). The topological polar surface area (TPSA) is 135 Å². The third-order valence-electron chi connectivity index (χ3n) is 4.08. The lowest BCUT2D eigenvalue weighted by Crippen LogP contribution is -2.37. The molecule has 0 bridgehead atoms. The second-order valence-electron chi connectivity index (χ2n) is 5.95. The van der Waals surface area contributed by atoms with E-state index in [-0.39, 0.29) is 16.8 Å². The minimum Gasteiger partial charge on any atom is -0.299 e. The molecule has 1 aliphatic heterocycles. The fraction of sp³-hybridized carbons (Fsp3) is 0.267. The monoisotopic (exact) mass is 373 g/mol. The Morgan fingerprint density at radius 2 is 2.00 bits per heavy atom. The van der Waals surface area contributed by atoms with Crippen molar-refractivity contribution in [2.24, 2.45) is 0 Å². The molecule has 2 aliphatic rings. The molecule has 1 aliphatic carbocycles. The zero-order valence-corrected chi connectivity index (χ0v) is 14.0. The predicted molar refractivity (Wildman–Crippen MR) is 89.0 cm³/mol. The molecule has 2 aromatic rings. The Bertz CT molecular complexity index is 967. The number of nitro benzene ring substituents is 1. The van der Waals surface area contributed by atoms with E-state index in [0.717, 1.165) is 34.9 Å². The van der Waals surface area contributed by atoms with Gasteiger partial charge in [-0.2, -0.15) is 0 Å². The van der Waals surface area contributed by atoms with Crippen molar-refractivity contribution in [1.29, 1.82) is 0 Å². The first-order valence-corrected chi connectivity index (χ1v) is 8.53. The van der Waals surface area contributed by atoms with Gasteiger partial charge in [0.05, 0.1) is 16.1 Å². The molecule has 132 valence electrons. The molecule has 26 heavy (non-hydrogen) atoms. The number of hydrogen-bond acceptors (Lipinski definition) is 8. The molecule has 1 aromatic carbocycles. The van der Waals surface area contributed by atoms with Crippen LogP contribution in [-0.4, -0.2) is 44.3 Å². The first-order valence-electron chi connectivity index (χ1n) is 7.72. The van der Waals surface area contributed by atoms with Gasteiger partial charge in [-0.15, -0.1) is 10.2 Å². The molecule has 0 radical (unpaired) electrons. The highest BCUT2D eigenvalue weighted by Gasteiger charge is 2.38. The fourth-order valence-corrected chi connectivity index (χ4v) is 3.55. The number of nitrogens with one attached hydrogen (secondary N) is 1. The Morgan fingerprint density at radius 3 is 2.69 bits per heavy atom. The number of benzene rings is 1. The first-order chi connectivity index (χ1) is 12.4. The number of imide groups is 1. The summed E-state index contributed by atoms with van der Waals surface area (Å²) in [6, 6.07) is 3.41. The number of hydrogen-bond donors (Lipinski definition) is 1. The predicted octanol–water partition coefficient (Wildman–Crippen LogP) is 1.56. The number of fused-ring (bicyclic) bond motifs is 1. The Balaban J connectivity index is 1.47. The molecule has 10 nitrogen and oxygen atoms in total. The number of nitro groups is 1. The molecule has 0 spiro atoms. The van der Waals surface area contributed by atoms with E-state index in [1.165, 1.54) is 17.4 Å². The molecular weight excluding hydrogens is 362 g/mol. The Morgan fingerprint density at radius 1 is 1.27 bits per heavy atom. The minimum absolute atomic E-state index is 0.0420. The summed E-state index contributed by atoms with van der Waals surface area (Å²) < 4.78 is 0. The molecule has 0 atom stereocenters. The minimum atomic E-state index is -0.736. The third kappa shape index (κ3) is 2.81. The SMILES string of the molecule is O=C(CN1C(=O)c2ccc([N+](=O)[O-])cc2C1=O)Nc1nnc(C2CC2)s1. The molecule has 0 saturated heterocycles. The maximum Gasteiger partial charge on any atom is 0.270 e. The van der Waals surface area contributed by atoms with Crippen molar-refractivity contribution in [2.45, 2.75) is 18.8 Å². The van der Waals surface area contributed by atoms with Crippen molar-refractivity contribution in [3.05, 3.63) is 44.4 Å². The summed E-state index contributed by atoms with van der Waals surface area (Å²) in [5.74, 6) is -1.58. The van der Waals surface area contributed by atoms with Crippen LogP contribution >= 0.6 is 11.3 Å². The summed E-state index contributed by atoms with van der Waals surface area (Å²) in [6.07, 6.45) is 2.12. The number of anilines is 1. The van der Waals surface area contributed by atoms with Crippen LogP contribution in [0.25, 0.3) is 0 Å². The van der Waals surface area contributed by atoms with Gasteiger partial charge < -0.3 is 0 Å². The van der Waals surface area contributed by atoms with Gasteiger partial charge in [-0.25, -0.2) is 0 Å². The molecule has 1 N–H and O–H groups in total. The summed E-state index contributed by atoms with van der Waals surface area (Å²) in [5.41, 5.74) is -0.332. The molecule has 1 fully saturated rings. The number of carbonyl (C=O) groups is 3. The van der Waals surface area contributed by atoms with E-state index in [1.54, 1.807) is 0 Å². The number of rotatable bonds is 5. The van der Waals surface area contributed by atoms with E-state index in [4.69, 9.17) is 0 Å². The van der Waals surface area contributed by atoms with E-state index in [1.807, 2.05) is 0 Å². The Kier molecular flexibility index (Phi) is 3.72. The van der Waals surface area contributed by atoms with Gasteiger partial charge in [0.25, 0.3) is 17.5 Å². The second kappa shape index (κ2) is 5.95. The van der Waals surface area contributed by atoms with Gasteiger partial charge in [-0.3, -0.25) is 34.7 Å². The second-order valence-corrected chi connectivity index (χ2v) is 6.96. The summed E-state index contributed by atoms with van der Waals surface area (Å²) in [4.78, 5) is 47.7. The van der Waals surface area contributed by atoms with E-state index in [2.05, 4.69) is 15.5 Å². The number of amides is 3. The normalized spacial score (nSPS) is 15.9. The van der Waals surface area contributed by atoms with Gasteiger partial charge in [0, 0.05) is 18.1 Å². The number of non-ortho nitro benzene ring substituents is 1. The molecular formula is C15H11N5O5S. The van der Waals surface area contributed by atoms with Gasteiger partial charge in [0.1, 0.15) is 11.6 Å². The van der Waals surface area contributed by atoms with Gasteiger partial charge in [0.15, 0.2) is 0 Å². The lowest BCUT2D eigenvalue weighted by atomic mass is 10.1. The number of carbonyl (C=O) groups excluding carboxylic acids is 3. The maximum absolute atomic E-state index is 12.3. The van der Waals surface area contributed by atoms with E-state index < -0.39 is 29.2 Å². The van der Waals surface area contributed by atoms with Crippen LogP contribution < -0.4 is 5.32 Å². The summed E-state index contributed by atoms with van der Waals surface area (Å²) in [7, 11) is 0. The molecule has 3 amide bonds. The quantitative estimate of drug-likeness (QED) is 0.477. The first kappa shape index (κ1) is 16.3. The van der Waals surface area contributed by atoms with Crippen LogP contribution in [0, 0.1) is 10.1 Å². The highest BCUT2D eigenvalue weighted by molar-refractivity contribution is 7.15. The summed E-state index contributed by atoms with van der Waals surface area (Å²) in [5, 5.41) is 22.4. The van der Waals surface area contributed by atoms with Crippen molar-refractivity contribution in [3.8, 4) is 0 Å². The molecule has 2 heterocycles. The highest BCUT2D eigenvalue weighted by Crippen LogP contribution is 2.42. The van der Waals surface area contributed by atoms with Gasteiger partial charge in [0.2, 0.25) is 11.0 Å². The molecule has 1 aromatic heterocycles. The van der Waals surface area contributed by atoms with Crippen LogP contribution in [0.4, 0.5) is 10.8 Å². The average Bonchev–Trinajstić information content (AvgIpc) is 3.32. The largest absolute Gasteiger partial charge is 0.299 e. The lowest BCUT2D eigenvalue weighted by molar-refractivity contribution is -0.384. The van der Waals surface area contributed by atoms with E-state index >= 15 is 0 Å². The van der Waals surface area contributed by atoms with Crippen molar-refractivity contribution in [1.82, 2.24) is 15.1 Å². The zero-order chi connectivity index (χ0) is 18.4. The molecule has 0 unspecified atom stereocenters. The van der Waals surface area contributed by atoms with Crippen LogP contribution in [0.3, 0.4) is 0 Å². The number of nitrogens with zero attached hydrogens (tertiary/aromatic N) is 4. The van der Waals surface area contributed by atoms with Crippen LogP contribution in [0.2, 0.25) is 0 Å². The van der Waals surface area contributed by atoms with E-state index in [9.17, 15) is 24.5 Å². The summed E-state index contributed by atoms with van der Waals surface area (Å²) >= 11 is 1.27. The maximum atomic E-state index is 12.3. The lowest BCUT2D eigenvalue weighted by Gasteiger charge is -2.12. The molecule has 11 heteroatoms. The van der Waals surface area contributed by atoms with Crippen LogP contribution in [0.1, 0.15) is 44.5 Å². The number of aromatic nitrogens is 2. The highest BCUT2D eigenvalue weighted by atomic mass is 32.1.